The van der Waals surface area contributed by atoms with E-state index in [1.807, 2.05) is 13.8 Å². The Balaban J connectivity index is 1.96. The molecule has 0 aliphatic rings. The van der Waals surface area contributed by atoms with E-state index in [4.69, 9.17) is 18.8 Å². The summed E-state index contributed by atoms with van der Waals surface area (Å²) in [6, 6.07) is 8.41. The van der Waals surface area contributed by atoms with E-state index in [0.717, 1.165) is 12.8 Å². The lowest BCUT2D eigenvalue weighted by Crippen LogP contribution is -2.13. The topological polar surface area (TPSA) is 36.9 Å². The number of hydrogen-bond donors (Lipinski definition) is 0. The second-order valence-corrected chi connectivity index (χ2v) is 5.29. The van der Waals surface area contributed by atoms with Gasteiger partial charge in [-0.15, -0.1) is 0 Å². The van der Waals surface area contributed by atoms with Crippen molar-refractivity contribution in [2.24, 2.45) is 0 Å². The van der Waals surface area contributed by atoms with Crippen LogP contribution in [-0.2, 0) is 0 Å². The van der Waals surface area contributed by atoms with Crippen LogP contribution in [0.25, 0.3) is 0 Å². The van der Waals surface area contributed by atoms with Crippen molar-refractivity contribution >= 4 is 7.69 Å². The molecule has 0 fully saturated rings. The number of benzene rings is 2. The van der Waals surface area contributed by atoms with E-state index in [-0.39, 0.29) is 19.2 Å². The molecule has 0 aliphatic heterocycles. The third-order valence-corrected chi connectivity index (χ3v) is 3.18. The summed E-state index contributed by atoms with van der Waals surface area (Å²) in [4.78, 5) is 0. The summed E-state index contributed by atoms with van der Waals surface area (Å²) in [5, 5.41) is 0. The molecule has 0 heterocycles. The summed E-state index contributed by atoms with van der Waals surface area (Å²) < 4.78 is 48.9. The smallest absolute Gasteiger partial charge is 0.526 e. The van der Waals surface area contributed by atoms with E-state index in [1.165, 1.54) is 36.4 Å². The highest BCUT2D eigenvalue weighted by atomic mass is 19.1. The molecule has 0 aromatic heterocycles. The van der Waals surface area contributed by atoms with Crippen LogP contribution in [0.15, 0.2) is 36.4 Å². The lowest BCUT2D eigenvalue weighted by Gasteiger charge is -2.12. The van der Waals surface area contributed by atoms with E-state index in [0.29, 0.717) is 24.7 Å². The van der Waals surface area contributed by atoms with Crippen molar-refractivity contribution < 1.29 is 27.6 Å². The van der Waals surface area contributed by atoms with E-state index in [9.17, 15) is 8.78 Å². The van der Waals surface area contributed by atoms with Crippen LogP contribution < -0.4 is 18.8 Å². The molecule has 4 nitrogen and oxygen atoms in total. The first-order valence-electron chi connectivity index (χ1n) is 8.24. The molecular weight excluding hydrogens is 329 g/mol. The van der Waals surface area contributed by atoms with Gasteiger partial charge in [-0.3, -0.25) is 0 Å². The highest BCUT2D eigenvalue weighted by Gasteiger charge is 2.11. The highest BCUT2D eigenvalue weighted by molar-refractivity contribution is 6.20. The molecule has 25 heavy (non-hydrogen) atoms. The maximum absolute atomic E-state index is 13.8. The number of rotatable bonds is 10. The first-order valence-corrected chi connectivity index (χ1v) is 8.24. The van der Waals surface area contributed by atoms with Crippen LogP contribution in [-0.4, -0.2) is 20.9 Å². The third kappa shape index (κ3) is 5.85. The summed E-state index contributed by atoms with van der Waals surface area (Å²) in [5.74, 6) is -0.139. The van der Waals surface area contributed by atoms with E-state index in [1.54, 1.807) is 0 Å². The average Bonchev–Trinajstić information content (AvgIpc) is 2.62. The molecule has 0 amide bonds. The molecule has 0 radical (unpaired) electrons. The Morgan fingerprint density at radius 1 is 0.760 bits per heavy atom. The fourth-order valence-electron chi connectivity index (χ4n) is 1.96. The van der Waals surface area contributed by atoms with Gasteiger partial charge >= 0.3 is 7.69 Å². The van der Waals surface area contributed by atoms with Crippen molar-refractivity contribution in [3.8, 4) is 23.0 Å². The zero-order chi connectivity index (χ0) is 18.1. The van der Waals surface area contributed by atoms with Gasteiger partial charge in [-0.05, 0) is 37.1 Å². The second kappa shape index (κ2) is 9.76. The molecule has 2 rings (SSSR count). The van der Waals surface area contributed by atoms with Crippen molar-refractivity contribution in [3.63, 3.8) is 0 Å². The minimum absolute atomic E-state index is 0.0209. The highest BCUT2D eigenvalue weighted by Crippen LogP contribution is 2.25. The van der Waals surface area contributed by atoms with Crippen LogP contribution >= 0.6 is 0 Å². The number of ether oxygens (including phenoxy) is 2. The first-order chi connectivity index (χ1) is 12.1. The van der Waals surface area contributed by atoms with Crippen LogP contribution in [0.1, 0.15) is 26.7 Å². The van der Waals surface area contributed by atoms with Gasteiger partial charge in [0.1, 0.15) is 23.0 Å². The predicted octanol–water partition coefficient (Wildman–Crippen LogP) is 4.27. The molecule has 0 unspecified atom stereocenters. The Bertz CT molecular complexity index is 625. The normalized spacial score (nSPS) is 10.2. The minimum atomic E-state index is -0.548. The SMILES string of the molecule is CCCOc1ccc(F)c(OBOc2cc(OCCC)ccc2F)c1. The monoisotopic (exact) mass is 350 g/mol. The molecule has 0 saturated carbocycles. The molecule has 0 saturated heterocycles. The quantitative estimate of drug-likeness (QED) is 0.600. The van der Waals surface area contributed by atoms with Crippen LogP contribution in [0.5, 0.6) is 23.0 Å². The number of halogens is 2. The van der Waals surface area contributed by atoms with Gasteiger partial charge in [-0.2, -0.15) is 0 Å². The van der Waals surface area contributed by atoms with Crippen molar-refractivity contribution in [3.05, 3.63) is 48.0 Å². The van der Waals surface area contributed by atoms with Crippen molar-refractivity contribution in [2.45, 2.75) is 26.7 Å². The number of hydrogen-bond acceptors (Lipinski definition) is 4. The maximum Gasteiger partial charge on any atom is 0.576 e. The third-order valence-electron chi connectivity index (χ3n) is 3.18. The standard InChI is InChI=1S/C18H21BF2O4/c1-3-9-22-13-5-7-15(20)17(11-13)24-19-25-18-12-14(23-10-4-2)6-8-16(18)21/h5-8,11-12,19H,3-4,9-10H2,1-2H3. The van der Waals surface area contributed by atoms with Gasteiger partial charge in [0.15, 0.2) is 11.6 Å². The maximum atomic E-state index is 13.8. The van der Waals surface area contributed by atoms with Crippen molar-refractivity contribution in [1.82, 2.24) is 0 Å². The van der Waals surface area contributed by atoms with Crippen molar-refractivity contribution in [2.75, 3.05) is 13.2 Å². The fourth-order valence-corrected chi connectivity index (χ4v) is 1.96. The Morgan fingerprint density at radius 2 is 1.20 bits per heavy atom. The minimum Gasteiger partial charge on any atom is -0.526 e. The summed E-state index contributed by atoms with van der Waals surface area (Å²) in [5.41, 5.74) is 0. The second-order valence-electron chi connectivity index (χ2n) is 5.29. The molecule has 0 spiro atoms. The van der Waals surface area contributed by atoms with Gasteiger partial charge in [0.05, 0.1) is 13.2 Å². The Kier molecular flexibility index (Phi) is 7.38. The van der Waals surface area contributed by atoms with Crippen molar-refractivity contribution in [1.29, 1.82) is 0 Å². The lowest BCUT2D eigenvalue weighted by atomic mass is 10.2. The first kappa shape index (κ1) is 18.9. The average molecular weight is 350 g/mol. The molecular formula is C18H21BF2O4. The molecule has 7 heteroatoms. The van der Waals surface area contributed by atoms with E-state index < -0.39 is 11.6 Å². The Morgan fingerprint density at radius 3 is 1.60 bits per heavy atom. The Hall–Kier alpha value is -2.44. The van der Waals surface area contributed by atoms with E-state index in [2.05, 4.69) is 0 Å². The van der Waals surface area contributed by atoms with Gasteiger partial charge in [0.25, 0.3) is 0 Å². The molecule has 2 aromatic carbocycles. The van der Waals surface area contributed by atoms with Gasteiger partial charge in [0.2, 0.25) is 0 Å². The van der Waals surface area contributed by atoms with Gasteiger partial charge in [-0.25, -0.2) is 8.78 Å². The molecule has 134 valence electrons. The summed E-state index contributed by atoms with van der Waals surface area (Å²) in [6.07, 6.45) is 1.68. The molecule has 0 bridgehead atoms. The van der Waals surface area contributed by atoms with Crippen LogP contribution in [0.4, 0.5) is 8.78 Å². The largest absolute Gasteiger partial charge is 0.576 e. The zero-order valence-electron chi connectivity index (χ0n) is 14.4. The van der Waals surface area contributed by atoms with Gasteiger partial charge in [-0.1, -0.05) is 13.8 Å². The summed E-state index contributed by atoms with van der Waals surface area (Å²) >= 11 is 0. The molecule has 2 aromatic rings. The van der Waals surface area contributed by atoms with Crippen LogP contribution in [0.3, 0.4) is 0 Å². The van der Waals surface area contributed by atoms with Crippen LogP contribution in [0, 0.1) is 11.6 Å². The summed E-state index contributed by atoms with van der Waals surface area (Å²) in [7, 11) is -0.345. The summed E-state index contributed by atoms with van der Waals surface area (Å²) in [6.45, 7) is 5.00. The molecule has 0 atom stereocenters. The predicted molar refractivity (Wildman–Crippen MR) is 92.8 cm³/mol. The zero-order valence-corrected chi connectivity index (χ0v) is 14.4. The lowest BCUT2D eigenvalue weighted by molar-refractivity contribution is 0.314. The fraction of sp³-hybridized carbons (Fsp3) is 0.333. The molecule has 0 aliphatic carbocycles. The Labute approximate surface area is 147 Å². The molecule has 0 N–H and O–H groups in total. The van der Waals surface area contributed by atoms with Gasteiger partial charge in [0, 0.05) is 12.1 Å². The van der Waals surface area contributed by atoms with Crippen LogP contribution in [0.2, 0.25) is 0 Å². The van der Waals surface area contributed by atoms with Gasteiger partial charge < -0.3 is 18.8 Å². The van der Waals surface area contributed by atoms with E-state index >= 15 is 0 Å².